The van der Waals surface area contributed by atoms with Crippen LogP contribution in [0.15, 0.2) is 46.8 Å². The number of hydroxylamine groups is 1. The third kappa shape index (κ3) is 6.48. The first-order valence-corrected chi connectivity index (χ1v) is 12.6. The molecule has 3 N–H and O–H groups in total. The van der Waals surface area contributed by atoms with Crippen molar-refractivity contribution >= 4 is 62.8 Å². The Labute approximate surface area is 214 Å². The molecule has 0 saturated heterocycles. The number of hydrogen-bond donors (Lipinski definition) is 3. The van der Waals surface area contributed by atoms with E-state index in [1.54, 1.807) is 49.6 Å². The molecule has 188 valence electrons. The molecule has 2 aromatic heterocycles. The molecule has 0 atom stereocenters. The Morgan fingerprint density at radius 3 is 2.56 bits per heavy atom. The summed E-state index contributed by atoms with van der Waals surface area (Å²) in [6, 6.07) is 11.8. The highest BCUT2D eigenvalue weighted by Gasteiger charge is 2.17. The van der Waals surface area contributed by atoms with Crippen molar-refractivity contribution in [2.24, 2.45) is 0 Å². The molecule has 0 aliphatic carbocycles. The smallest absolute Gasteiger partial charge is 0.325 e. The number of hydrogen-bond acceptors (Lipinski definition) is 10. The maximum absolute atomic E-state index is 12.2. The number of anilines is 3. The topological polar surface area (TPSA) is 144 Å². The molecule has 4 rings (SSSR count). The Balaban J connectivity index is 1.38. The van der Waals surface area contributed by atoms with Crippen molar-refractivity contribution in [2.75, 3.05) is 42.3 Å². The number of methoxy groups -OCH3 is 1. The molecule has 4 aromatic rings. The molecule has 0 fully saturated rings. The normalized spacial score (nSPS) is 10.9. The molecule has 0 radical (unpaired) electrons. The van der Waals surface area contributed by atoms with Crippen LogP contribution in [0.25, 0.3) is 11.0 Å². The van der Waals surface area contributed by atoms with Crippen molar-refractivity contribution in [3.05, 3.63) is 42.5 Å². The zero-order chi connectivity index (χ0) is 25.5. The van der Waals surface area contributed by atoms with E-state index in [1.807, 2.05) is 6.26 Å². The van der Waals surface area contributed by atoms with E-state index in [2.05, 4.69) is 30.8 Å². The lowest BCUT2D eigenvalue weighted by Gasteiger charge is -2.16. The highest BCUT2D eigenvalue weighted by Crippen LogP contribution is 2.28. The standard InChI is InChI=1S/C22H23N7O5S2/c1-13(30)29(33-11-10-32-2)19-24-17-9-8-16(12-18(17)25-19)34-15-6-4-14(5-7-15)23-20(31)26-21-27-28-22(35-3)36-21/h4-9,12H,10-11H2,1-3H3,(H,24,25)(H2,23,26,27,31). The lowest BCUT2D eigenvalue weighted by atomic mass is 10.3. The minimum atomic E-state index is -0.418. The van der Waals surface area contributed by atoms with Crippen LogP contribution in [-0.4, -0.2) is 58.7 Å². The largest absolute Gasteiger partial charge is 0.457 e. The van der Waals surface area contributed by atoms with Gasteiger partial charge in [-0.15, -0.1) is 10.2 Å². The van der Waals surface area contributed by atoms with Crippen LogP contribution in [0, 0.1) is 0 Å². The number of aromatic amines is 1. The quantitative estimate of drug-likeness (QED) is 0.117. The monoisotopic (exact) mass is 529 g/mol. The number of H-pyrrole nitrogens is 1. The summed E-state index contributed by atoms with van der Waals surface area (Å²) in [5.74, 6) is 1.07. The first-order chi connectivity index (χ1) is 17.4. The van der Waals surface area contributed by atoms with Gasteiger partial charge in [0.05, 0.1) is 24.2 Å². The fraction of sp³-hybridized carbons (Fsp3) is 0.227. The van der Waals surface area contributed by atoms with Crippen LogP contribution in [0.1, 0.15) is 6.92 Å². The first kappa shape index (κ1) is 25.4. The Morgan fingerprint density at radius 2 is 1.86 bits per heavy atom. The number of aromatic nitrogens is 4. The van der Waals surface area contributed by atoms with E-state index in [0.717, 1.165) is 9.40 Å². The minimum Gasteiger partial charge on any atom is -0.457 e. The van der Waals surface area contributed by atoms with Crippen molar-refractivity contribution in [1.82, 2.24) is 20.2 Å². The van der Waals surface area contributed by atoms with Gasteiger partial charge in [0.2, 0.25) is 17.0 Å². The number of ether oxygens (including phenoxy) is 2. The van der Waals surface area contributed by atoms with Crippen LogP contribution in [0.5, 0.6) is 11.5 Å². The van der Waals surface area contributed by atoms with Crippen LogP contribution in [0.2, 0.25) is 0 Å². The lowest BCUT2D eigenvalue weighted by molar-refractivity contribution is -0.124. The van der Waals surface area contributed by atoms with E-state index >= 15 is 0 Å². The number of urea groups is 1. The molecule has 12 nitrogen and oxygen atoms in total. The number of benzene rings is 2. The van der Waals surface area contributed by atoms with E-state index < -0.39 is 6.03 Å². The zero-order valence-corrected chi connectivity index (χ0v) is 21.2. The van der Waals surface area contributed by atoms with Crippen LogP contribution in [0.4, 0.5) is 21.6 Å². The summed E-state index contributed by atoms with van der Waals surface area (Å²) in [4.78, 5) is 37.1. The van der Waals surface area contributed by atoms with Gasteiger partial charge in [-0.1, -0.05) is 23.1 Å². The summed E-state index contributed by atoms with van der Waals surface area (Å²) < 4.78 is 11.7. The molecule has 36 heavy (non-hydrogen) atoms. The van der Waals surface area contributed by atoms with E-state index in [0.29, 0.717) is 40.0 Å². The summed E-state index contributed by atoms with van der Waals surface area (Å²) >= 11 is 2.75. The second kappa shape index (κ2) is 11.8. The van der Waals surface area contributed by atoms with Gasteiger partial charge in [0.25, 0.3) is 0 Å². The molecular weight excluding hydrogens is 506 g/mol. The zero-order valence-electron chi connectivity index (χ0n) is 19.6. The molecule has 0 unspecified atom stereocenters. The number of thioether (sulfide) groups is 1. The lowest BCUT2D eigenvalue weighted by Crippen LogP contribution is -2.31. The minimum absolute atomic E-state index is 0.203. The number of imidazole rings is 1. The summed E-state index contributed by atoms with van der Waals surface area (Å²) in [5, 5.41) is 14.7. The van der Waals surface area contributed by atoms with Gasteiger partial charge in [-0.25, -0.2) is 9.78 Å². The summed E-state index contributed by atoms with van der Waals surface area (Å²) in [6.07, 6.45) is 1.89. The molecule has 2 aromatic carbocycles. The molecule has 0 spiro atoms. The van der Waals surface area contributed by atoms with E-state index in [9.17, 15) is 9.59 Å². The van der Waals surface area contributed by atoms with Gasteiger partial charge in [-0.2, -0.15) is 5.06 Å². The van der Waals surface area contributed by atoms with Gasteiger partial charge in [-0.05, 0) is 42.7 Å². The number of carbonyl (C=O) groups is 2. The number of nitrogens with one attached hydrogen (secondary N) is 3. The van der Waals surface area contributed by atoms with Gasteiger partial charge < -0.3 is 19.8 Å². The predicted molar refractivity (Wildman–Crippen MR) is 138 cm³/mol. The molecule has 2 heterocycles. The van der Waals surface area contributed by atoms with Gasteiger partial charge in [0, 0.05) is 25.8 Å². The molecule has 0 aliphatic rings. The molecule has 0 aliphatic heterocycles. The molecule has 14 heteroatoms. The van der Waals surface area contributed by atoms with Crippen molar-refractivity contribution in [1.29, 1.82) is 0 Å². The third-order valence-electron chi connectivity index (χ3n) is 4.58. The number of carbonyl (C=O) groups excluding carboxylic acids is 2. The van der Waals surface area contributed by atoms with Crippen molar-refractivity contribution in [3.8, 4) is 11.5 Å². The maximum Gasteiger partial charge on any atom is 0.325 e. The van der Waals surface area contributed by atoms with Crippen LogP contribution in [0.3, 0.4) is 0 Å². The molecule has 0 saturated carbocycles. The fourth-order valence-corrected chi connectivity index (χ4v) is 4.16. The molecule has 3 amide bonds. The number of amides is 3. The Bertz CT molecular complexity index is 1340. The van der Waals surface area contributed by atoms with E-state index in [1.165, 1.54) is 30.0 Å². The Morgan fingerprint density at radius 1 is 1.08 bits per heavy atom. The van der Waals surface area contributed by atoms with Gasteiger partial charge in [0.15, 0.2) is 4.34 Å². The Hall–Kier alpha value is -3.72. The average molecular weight is 530 g/mol. The van der Waals surface area contributed by atoms with Crippen molar-refractivity contribution in [3.63, 3.8) is 0 Å². The van der Waals surface area contributed by atoms with Crippen LogP contribution < -0.4 is 20.4 Å². The Kier molecular flexibility index (Phi) is 8.32. The number of fused-ring (bicyclic) bond motifs is 1. The first-order valence-electron chi connectivity index (χ1n) is 10.6. The van der Waals surface area contributed by atoms with Gasteiger partial charge in [-0.3, -0.25) is 14.9 Å². The molecule has 0 bridgehead atoms. The highest BCUT2D eigenvalue weighted by atomic mass is 32.2. The maximum atomic E-state index is 12.2. The third-order valence-corrected chi connectivity index (χ3v) is 6.39. The second-order valence-corrected chi connectivity index (χ2v) is 9.19. The predicted octanol–water partition coefficient (Wildman–Crippen LogP) is 4.50. The van der Waals surface area contributed by atoms with Crippen LogP contribution in [-0.2, 0) is 14.4 Å². The summed E-state index contributed by atoms with van der Waals surface area (Å²) in [6.45, 7) is 1.92. The average Bonchev–Trinajstić information content (AvgIpc) is 3.49. The van der Waals surface area contributed by atoms with Crippen molar-refractivity contribution < 1.29 is 23.9 Å². The van der Waals surface area contributed by atoms with Gasteiger partial charge in [0.1, 0.15) is 11.5 Å². The summed E-state index contributed by atoms with van der Waals surface area (Å²) in [5.41, 5.74) is 1.89. The SMILES string of the molecule is COCCON(C(C)=O)c1nc2ccc(Oc3ccc(NC(=O)Nc4nnc(SC)s4)cc3)cc2[nH]1. The van der Waals surface area contributed by atoms with Crippen LogP contribution >= 0.6 is 23.1 Å². The van der Waals surface area contributed by atoms with E-state index in [4.69, 9.17) is 14.3 Å². The summed E-state index contributed by atoms with van der Waals surface area (Å²) in [7, 11) is 1.55. The second-order valence-electron chi connectivity index (χ2n) is 7.16. The molecular formula is C22H23N7O5S2. The number of nitrogens with zero attached hydrogens (tertiary/aromatic N) is 4. The van der Waals surface area contributed by atoms with E-state index in [-0.39, 0.29) is 18.5 Å². The van der Waals surface area contributed by atoms with Gasteiger partial charge >= 0.3 is 6.03 Å². The van der Waals surface area contributed by atoms with Crippen molar-refractivity contribution in [2.45, 2.75) is 11.3 Å². The fourth-order valence-electron chi connectivity index (χ4n) is 2.99. The highest BCUT2D eigenvalue weighted by molar-refractivity contribution is 8.00. The number of rotatable bonds is 10.